The Kier molecular flexibility index (Phi) is 2.80. The van der Waals surface area contributed by atoms with Gasteiger partial charge in [0.15, 0.2) is 11.5 Å². The number of aromatic hydroxyl groups is 2. The second kappa shape index (κ2) is 4.13. The molecule has 0 saturated heterocycles. The van der Waals surface area contributed by atoms with Gasteiger partial charge in [-0.2, -0.15) is 0 Å². The Labute approximate surface area is 101 Å². The van der Waals surface area contributed by atoms with Crippen LogP contribution in [0.4, 0.5) is 0 Å². The van der Waals surface area contributed by atoms with Crippen LogP contribution in [0.2, 0.25) is 0 Å². The summed E-state index contributed by atoms with van der Waals surface area (Å²) < 4.78 is 0. The number of hydrogen-bond acceptors (Lipinski definition) is 2. The van der Waals surface area contributed by atoms with Crippen LogP contribution >= 0.6 is 0 Å². The van der Waals surface area contributed by atoms with Gasteiger partial charge in [-0.3, -0.25) is 0 Å². The van der Waals surface area contributed by atoms with Crippen LogP contribution in [0.15, 0.2) is 30.3 Å². The number of phenols is 2. The van der Waals surface area contributed by atoms with E-state index in [2.05, 4.69) is 0 Å². The van der Waals surface area contributed by atoms with Crippen molar-refractivity contribution in [3.63, 3.8) is 0 Å². The molecule has 2 rings (SSSR count). The van der Waals surface area contributed by atoms with Crippen molar-refractivity contribution in [3.05, 3.63) is 47.0 Å². The van der Waals surface area contributed by atoms with Gasteiger partial charge in [0.2, 0.25) is 0 Å². The third kappa shape index (κ3) is 1.98. The van der Waals surface area contributed by atoms with E-state index in [1.165, 1.54) is 5.56 Å². The third-order valence-corrected chi connectivity index (χ3v) is 3.13. The van der Waals surface area contributed by atoms with E-state index < -0.39 is 0 Å². The smallest absolute Gasteiger partial charge is 0.165 e. The molecular weight excluding hydrogens is 212 g/mol. The van der Waals surface area contributed by atoms with Gasteiger partial charge >= 0.3 is 0 Å². The Morgan fingerprint density at radius 2 is 1.59 bits per heavy atom. The molecule has 88 valence electrons. The largest absolute Gasteiger partial charge is 0.504 e. The molecule has 0 spiro atoms. The zero-order chi connectivity index (χ0) is 12.6. The van der Waals surface area contributed by atoms with Crippen molar-refractivity contribution < 1.29 is 10.2 Å². The summed E-state index contributed by atoms with van der Waals surface area (Å²) in [6.07, 6.45) is 0. The number of hydrogen-bond donors (Lipinski definition) is 2. The number of phenolic OH excluding ortho intramolecular Hbond substituents is 2. The zero-order valence-electron chi connectivity index (χ0n) is 10.3. The van der Waals surface area contributed by atoms with Gasteiger partial charge in [0.1, 0.15) is 0 Å². The van der Waals surface area contributed by atoms with Gasteiger partial charge in [0, 0.05) is 5.56 Å². The van der Waals surface area contributed by atoms with Crippen molar-refractivity contribution >= 4 is 0 Å². The van der Waals surface area contributed by atoms with Crippen molar-refractivity contribution in [2.75, 3.05) is 0 Å². The molecule has 2 nitrogen and oxygen atoms in total. The topological polar surface area (TPSA) is 40.5 Å². The van der Waals surface area contributed by atoms with Gasteiger partial charge < -0.3 is 10.2 Å². The summed E-state index contributed by atoms with van der Waals surface area (Å²) in [5.41, 5.74) is 4.86. The summed E-state index contributed by atoms with van der Waals surface area (Å²) in [6.45, 7) is 5.95. The molecule has 2 aromatic rings. The summed E-state index contributed by atoms with van der Waals surface area (Å²) >= 11 is 0. The Bertz CT molecular complexity index is 571. The van der Waals surface area contributed by atoms with E-state index in [4.69, 9.17) is 0 Å². The summed E-state index contributed by atoms with van der Waals surface area (Å²) in [7, 11) is 0. The molecule has 0 atom stereocenters. The Morgan fingerprint density at radius 1 is 0.882 bits per heavy atom. The van der Waals surface area contributed by atoms with E-state index in [0.717, 1.165) is 16.7 Å². The predicted octanol–water partition coefficient (Wildman–Crippen LogP) is 3.69. The standard InChI is InChI=1S/C15H16O2/c1-9-7-13(15(17)14(16)8-9)12-6-4-5-10(2)11(12)3/h4-8,16-17H,1-3H3. The number of benzene rings is 2. The fraction of sp³-hybridized carbons (Fsp3) is 0.200. The maximum atomic E-state index is 9.94. The summed E-state index contributed by atoms with van der Waals surface area (Å²) in [5, 5.41) is 19.6. The van der Waals surface area contributed by atoms with Gasteiger partial charge in [-0.25, -0.2) is 0 Å². The first-order valence-corrected chi connectivity index (χ1v) is 5.60. The highest BCUT2D eigenvalue weighted by atomic mass is 16.3. The van der Waals surface area contributed by atoms with E-state index in [-0.39, 0.29) is 11.5 Å². The van der Waals surface area contributed by atoms with Crippen LogP contribution in [0, 0.1) is 20.8 Å². The van der Waals surface area contributed by atoms with Crippen LogP contribution in [-0.4, -0.2) is 10.2 Å². The van der Waals surface area contributed by atoms with Gasteiger partial charge in [-0.15, -0.1) is 0 Å². The molecule has 0 aliphatic carbocycles. The summed E-state index contributed by atoms with van der Waals surface area (Å²) in [6, 6.07) is 9.39. The maximum Gasteiger partial charge on any atom is 0.165 e. The van der Waals surface area contributed by atoms with Crippen LogP contribution in [0.25, 0.3) is 11.1 Å². The maximum absolute atomic E-state index is 9.94. The Balaban J connectivity index is 2.73. The quantitative estimate of drug-likeness (QED) is 0.731. The lowest BCUT2D eigenvalue weighted by Crippen LogP contribution is -1.88. The number of rotatable bonds is 1. The molecule has 0 heterocycles. The van der Waals surface area contributed by atoms with E-state index >= 15 is 0 Å². The van der Waals surface area contributed by atoms with Crippen LogP contribution < -0.4 is 0 Å². The average molecular weight is 228 g/mol. The second-order valence-corrected chi connectivity index (χ2v) is 4.43. The van der Waals surface area contributed by atoms with Gasteiger partial charge in [-0.1, -0.05) is 18.2 Å². The van der Waals surface area contributed by atoms with Crippen LogP contribution in [0.5, 0.6) is 11.5 Å². The lowest BCUT2D eigenvalue weighted by atomic mass is 9.95. The molecule has 0 saturated carbocycles. The van der Waals surface area contributed by atoms with Crippen LogP contribution in [-0.2, 0) is 0 Å². The zero-order valence-corrected chi connectivity index (χ0v) is 10.3. The van der Waals surface area contributed by atoms with Crippen molar-refractivity contribution in [2.45, 2.75) is 20.8 Å². The van der Waals surface area contributed by atoms with Crippen LogP contribution in [0.1, 0.15) is 16.7 Å². The highest BCUT2D eigenvalue weighted by molar-refractivity contribution is 5.77. The SMILES string of the molecule is Cc1cc(O)c(O)c(-c2cccc(C)c2C)c1. The first-order chi connectivity index (χ1) is 8.00. The van der Waals surface area contributed by atoms with Gasteiger partial charge in [0.25, 0.3) is 0 Å². The lowest BCUT2D eigenvalue weighted by molar-refractivity contribution is 0.405. The van der Waals surface area contributed by atoms with E-state index in [9.17, 15) is 10.2 Å². The van der Waals surface area contributed by atoms with E-state index in [0.29, 0.717) is 5.56 Å². The third-order valence-electron chi connectivity index (χ3n) is 3.13. The first kappa shape index (κ1) is 11.5. The minimum absolute atomic E-state index is 0.0516. The van der Waals surface area contributed by atoms with E-state index in [1.54, 1.807) is 6.07 Å². The van der Waals surface area contributed by atoms with Crippen molar-refractivity contribution in [3.8, 4) is 22.6 Å². The van der Waals surface area contributed by atoms with Crippen molar-refractivity contribution in [1.82, 2.24) is 0 Å². The van der Waals surface area contributed by atoms with Gasteiger partial charge in [0.05, 0.1) is 0 Å². The second-order valence-electron chi connectivity index (χ2n) is 4.43. The molecule has 2 heteroatoms. The molecule has 0 aromatic heterocycles. The monoisotopic (exact) mass is 228 g/mol. The Hall–Kier alpha value is -1.96. The highest BCUT2D eigenvalue weighted by Gasteiger charge is 2.12. The number of aryl methyl sites for hydroxylation is 2. The molecule has 0 aliphatic heterocycles. The first-order valence-electron chi connectivity index (χ1n) is 5.60. The van der Waals surface area contributed by atoms with Crippen molar-refractivity contribution in [1.29, 1.82) is 0 Å². The fourth-order valence-corrected chi connectivity index (χ4v) is 2.01. The normalized spacial score (nSPS) is 10.5. The average Bonchev–Trinajstić information content (AvgIpc) is 2.27. The molecule has 0 bridgehead atoms. The van der Waals surface area contributed by atoms with Crippen molar-refractivity contribution in [2.24, 2.45) is 0 Å². The van der Waals surface area contributed by atoms with Gasteiger partial charge in [-0.05, 0) is 55.2 Å². The molecule has 0 radical (unpaired) electrons. The van der Waals surface area contributed by atoms with Crippen LogP contribution in [0.3, 0.4) is 0 Å². The highest BCUT2D eigenvalue weighted by Crippen LogP contribution is 2.39. The molecule has 0 amide bonds. The molecule has 0 fully saturated rings. The minimum Gasteiger partial charge on any atom is -0.504 e. The fourth-order valence-electron chi connectivity index (χ4n) is 2.01. The molecular formula is C15H16O2. The molecule has 2 aromatic carbocycles. The predicted molar refractivity (Wildman–Crippen MR) is 69.4 cm³/mol. The Morgan fingerprint density at radius 3 is 2.29 bits per heavy atom. The summed E-state index contributed by atoms with van der Waals surface area (Å²) in [5.74, 6) is -0.120. The molecule has 17 heavy (non-hydrogen) atoms. The molecule has 2 N–H and O–H groups in total. The lowest BCUT2D eigenvalue weighted by Gasteiger charge is -2.12. The molecule has 0 unspecified atom stereocenters. The minimum atomic E-state index is -0.0686. The summed E-state index contributed by atoms with van der Waals surface area (Å²) in [4.78, 5) is 0. The van der Waals surface area contributed by atoms with E-state index in [1.807, 2.05) is 45.0 Å². The molecule has 0 aliphatic rings.